The third kappa shape index (κ3) is 6.76. The van der Waals surface area contributed by atoms with Gasteiger partial charge in [-0.1, -0.05) is 32.1 Å². The number of piperidine rings is 1. The number of hydrogen-bond donors (Lipinski definition) is 3. The number of aliphatic hydroxyl groups excluding tert-OH is 2. The fourth-order valence-corrected chi connectivity index (χ4v) is 4.38. The second kappa shape index (κ2) is 11.0. The van der Waals surface area contributed by atoms with Crippen molar-refractivity contribution in [3.63, 3.8) is 0 Å². The molecule has 4 N–H and O–H groups in total. The molecule has 1 heterocycles. The van der Waals surface area contributed by atoms with Crippen LogP contribution in [0, 0.1) is 0 Å². The first-order valence-electron chi connectivity index (χ1n) is 10.2. The zero-order valence-corrected chi connectivity index (χ0v) is 15.6. The smallest absolute Gasteiger partial charge is 0.315 e. The van der Waals surface area contributed by atoms with Crippen LogP contribution in [0.25, 0.3) is 0 Å². The highest BCUT2D eigenvalue weighted by Gasteiger charge is 2.26. The first-order chi connectivity index (χ1) is 12.1. The number of hydrogen-bond acceptors (Lipinski definition) is 4. The van der Waals surface area contributed by atoms with Gasteiger partial charge in [0.2, 0.25) is 0 Å². The van der Waals surface area contributed by atoms with Crippen LogP contribution in [0.15, 0.2) is 0 Å². The quantitative estimate of drug-likeness (QED) is 0.552. The summed E-state index contributed by atoms with van der Waals surface area (Å²) in [7, 11) is 0. The van der Waals surface area contributed by atoms with Crippen LogP contribution in [-0.2, 0) is 0 Å². The second-order valence-electron chi connectivity index (χ2n) is 7.79. The molecule has 2 fully saturated rings. The van der Waals surface area contributed by atoms with Crippen molar-refractivity contribution >= 4 is 6.03 Å². The highest BCUT2D eigenvalue weighted by atomic mass is 16.3. The van der Waals surface area contributed by atoms with Crippen LogP contribution in [0.3, 0.4) is 0 Å². The molecule has 0 spiro atoms. The summed E-state index contributed by atoms with van der Waals surface area (Å²) in [6.45, 7) is 2.78. The van der Waals surface area contributed by atoms with E-state index in [1.54, 1.807) is 0 Å². The number of amides is 2. The van der Waals surface area contributed by atoms with Gasteiger partial charge < -0.3 is 20.8 Å². The van der Waals surface area contributed by atoms with Crippen molar-refractivity contribution < 1.29 is 15.0 Å². The van der Waals surface area contributed by atoms with E-state index in [9.17, 15) is 15.0 Å². The van der Waals surface area contributed by atoms with E-state index in [1.807, 2.05) is 4.90 Å². The van der Waals surface area contributed by atoms with Gasteiger partial charge in [0.1, 0.15) is 0 Å². The molecule has 0 aromatic carbocycles. The van der Waals surface area contributed by atoms with Crippen LogP contribution in [-0.4, -0.2) is 70.5 Å². The molecule has 2 atom stereocenters. The third-order valence-corrected chi connectivity index (χ3v) is 5.91. The Labute approximate surface area is 152 Å². The molecule has 2 unspecified atom stereocenters. The molecule has 6 nitrogen and oxygen atoms in total. The molecule has 0 radical (unpaired) electrons. The van der Waals surface area contributed by atoms with Gasteiger partial charge in [0.05, 0.1) is 12.7 Å². The van der Waals surface area contributed by atoms with Gasteiger partial charge in [-0.3, -0.25) is 4.90 Å². The fourth-order valence-electron chi connectivity index (χ4n) is 4.38. The van der Waals surface area contributed by atoms with Crippen molar-refractivity contribution in [2.75, 3.05) is 26.2 Å². The fraction of sp³-hybridized carbons (Fsp3) is 0.947. The summed E-state index contributed by atoms with van der Waals surface area (Å²) in [6.07, 6.45) is 11.5. The van der Waals surface area contributed by atoms with Crippen LogP contribution in [0.1, 0.15) is 70.6 Å². The van der Waals surface area contributed by atoms with Crippen LogP contribution >= 0.6 is 0 Å². The Morgan fingerprint density at radius 3 is 2.48 bits per heavy atom. The molecule has 2 rings (SSSR count). The van der Waals surface area contributed by atoms with Gasteiger partial charge in [0, 0.05) is 25.2 Å². The number of unbranched alkanes of at least 4 members (excludes halogenated alkanes) is 3. The minimum atomic E-state index is -0.260. The van der Waals surface area contributed by atoms with E-state index in [0.717, 1.165) is 64.6 Å². The summed E-state index contributed by atoms with van der Waals surface area (Å²) in [6, 6.07) is 0.210. The molecule has 0 bridgehead atoms. The lowest BCUT2D eigenvalue weighted by atomic mass is 9.94. The molecule has 2 aliphatic rings. The van der Waals surface area contributed by atoms with Gasteiger partial charge in [-0.15, -0.1) is 0 Å². The van der Waals surface area contributed by atoms with Crippen molar-refractivity contribution in [2.45, 2.75) is 88.8 Å². The van der Waals surface area contributed by atoms with Crippen molar-refractivity contribution in [2.24, 2.45) is 5.73 Å². The summed E-state index contributed by atoms with van der Waals surface area (Å²) in [5.74, 6) is 0. The van der Waals surface area contributed by atoms with Crippen molar-refractivity contribution in [1.82, 2.24) is 9.80 Å². The topological polar surface area (TPSA) is 90.0 Å². The number of rotatable bonds is 9. The molecule has 146 valence electrons. The van der Waals surface area contributed by atoms with Gasteiger partial charge >= 0.3 is 6.03 Å². The number of likely N-dealkylation sites (tertiary alicyclic amines) is 1. The molecular formula is C19H37N3O3. The maximum absolute atomic E-state index is 11.7. The molecule has 0 aromatic rings. The maximum Gasteiger partial charge on any atom is 0.315 e. The largest absolute Gasteiger partial charge is 0.395 e. The van der Waals surface area contributed by atoms with Gasteiger partial charge in [0.25, 0.3) is 0 Å². The summed E-state index contributed by atoms with van der Waals surface area (Å²) in [5, 5.41) is 19.1. The Morgan fingerprint density at radius 2 is 1.80 bits per heavy atom. The number of nitrogens with two attached hydrogens (primary N) is 1. The molecule has 1 saturated carbocycles. The van der Waals surface area contributed by atoms with E-state index in [0.29, 0.717) is 12.5 Å². The van der Waals surface area contributed by atoms with Gasteiger partial charge in [0.15, 0.2) is 0 Å². The minimum Gasteiger partial charge on any atom is -0.395 e. The second-order valence-corrected chi connectivity index (χ2v) is 7.79. The molecule has 25 heavy (non-hydrogen) atoms. The summed E-state index contributed by atoms with van der Waals surface area (Å²) >= 11 is 0. The van der Waals surface area contributed by atoms with Crippen LogP contribution in [0.4, 0.5) is 4.79 Å². The normalized spacial score (nSPS) is 25.8. The van der Waals surface area contributed by atoms with Crippen molar-refractivity contribution in [3.05, 3.63) is 0 Å². The highest BCUT2D eigenvalue weighted by Crippen LogP contribution is 2.23. The zero-order valence-electron chi connectivity index (χ0n) is 15.6. The molecule has 1 aliphatic carbocycles. The van der Waals surface area contributed by atoms with E-state index < -0.39 is 0 Å². The average Bonchev–Trinajstić information content (AvgIpc) is 2.62. The van der Waals surface area contributed by atoms with Crippen LogP contribution in [0.2, 0.25) is 0 Å². The predicted molar refractivity (Wildman–Crippen MR) is 99.3 cm³/mol. The molecule has 2 amide bonds. The van der Waals surface area contributed by atoms with E-state index >= 15 is 0 Å². The predicted octanol–water partition coefficient (Wildman–Crippen LogP) is 2.08. The number of nitrogens with zero attached hydrogens (tertiary/aromatic N) is 2. The van der Waals surface area contributed by atoms with Crippen molar-refractivity contribution in [3.8, 4) is 0 Å². The highest BCUT2D eigenvalue weighted by molar-refractivity contribution is 5.72. The first kappa shape index (κ1) is 20.5. The van der Waals surface area contributed by atoms with E-state index in [4.69, 9.17) is 5.73 Å². The molecule has 6 heteroatoms. The summed E-state index contributed by atoms with van der Waals surface area (Å²) in [5.41, 5.74) is 5.58. The minimum absolute atomic E-state index is 0.111. The monoisotopic (exact) mass is 355 g/mol. The molecule has 0 aromatic heterocycles. The SMILES string of the molecule is NC(=O)N(CCCCCCN1CCC(O)CC1CO)C1CCCCC1. The van der Waals surface area contributed by atoms with Gasteiger partial charge in [-0.05, 0) is 45.1 Å². The lowest BCUT2D eigenvalue weighted by molar-refractivity contribution is 0.0163. The Kier molecular flexibility index (Phi) is 8.99. The van der Waals surface area contributed by atoms with E-state index in [1.165, 1.54) is 19.3 Å². The number of urea groups is 1. The standard InChI is InChI=1S/C19H37N3O3/c20-19(25)22(16-8-4-3-5-9-16)12-7-2-1-6-11-21-13-10-18(24)14-17(21)15-23/h16-18,23-24H,1-15H2,(H2,20,25). The first-order valence-corrected chi connectivity index (χ1v) is 10.2. The average molecular weight is 356 g/mol. The van der Waals surface area contributed by atoms with Gasteiger partial charge in [-0.25, -0.2) is 4.79 Å². The Hall–Kier alpha value is -0.850. The number of carbonyl (C=O) groups excluding carboxylic acids is 1. The van der Waals surface area contributed by atoms with Crippen LogP contribution < -0.4 is 5.73 Å². The Balaban J connectivity index is 1.59. The number of aliphatic hydroxyl groups is 2. The molecule has 1 aliphatic heterocycles. The maximum atomic E-state index is 11.7. The van der Waals surface area contributed by atoms with Crippen LogP contribution in [0.5, 0.6) is 0 Å². The number of carbonyl (C=O) groups is 1. The van der Waals surface area contributed by atoms with Crippen molar-refractivity contribution in [1.29, 1.82) is 0 Å². The third-order valence-electron chi connectivity index (χ3n) is 5.91. The summed E-state index contributed by atoms with van der Waals surface area (Å²) < 4.78 is 0. The Bertz CT molecular complexity index is 388. The van der Waals surface area contributed by atoms with E-state index in [2.05, 4.69) is 4.90 Å². The lowest BCUT2D eigenvalue weighted by Crippen LogP contribution is -2.46. The number of primary amides is 1. The van der Waals surface area contributed by atoms with Gasteiger partial charge in [-0.2, -0.15) is 0 Å². The zero-order chi connectivity index (χ0) is 18.1. The molecular weight excluding hydrogens is 318 g/mol. The Morgan fingerprint density at radius 1 is 1.08 bits per heavy atom. The van der Waals surface area contributed by atoms with E-state index in [-0.39, 0.29) is 24.8 Å². The summed E-state index contributed by atoms with van der Waals surface area (Å²) in [4.78, 5) is 15.9. The lowest BCUT2D eigenvalue weighted by Gasteiger charge is -2.37. The molecule has 1 saturated heterocycles.